The van der Waals surface area contributed by atoms with Crippen LogP contribution in [0.1, 0.15) is 5.56 Å². The van der Waals surface area contributed by atoms with E-state index in [-0.39, 0.29) is 18.4 Å². The Kier molecular flexibility index (Phi) is 7.64. The molecule has 1 unspecified atom stereocenters. The van der Waals surface area contributed by atoms with Crippen molar-refractivity contribution < 1.29 is 19.2 Å². The predicted molar refractivity (Wildman–Crippen MR) is 106 cm³/mol. The monoisotopic (exact) mass is 390 g/mol. The third-order valence-corrected chi connectivity index (χ3v) is 4.40. The topological polar surface area (TPSA) is 63.1 Å². The lowest BCUT2D eigenvalue weighted by atomic mass is 10.2. The molecule has 2 N–H and O–H groups in total. The molecular weight excluding hydrogens is 366 g/mol. The first kappa shape index (κ1) is 20.7. The normalized spacial score (nSPS) is 11.6. The molecule has 0 radical (unpaired) electrons. The number of ether oxygens (including phenoxy) is 1. The number of quaternary nitrogens is 1. The number of hydrogen-bond acceptors (Lipinski definition) is 3. The summed E-state index contributed by atoms with van der Waals surface area (Å²) in [7, 11) is 5.19. The minimum absolute atomic E-state index is 0.0279. The van der Waals surface area contributed by atoms with Gasteiger partial charge in [-0.3, -0.25) is 9.59 Å². The number of likely N-dealkylation sites (N-methyl/N-ethyl adjacent to an activating group) is 2. The summed E-state index contributed by atoms with van der Waals surface area (Å²) < 4.78 is 5.14. The quantitative estimate of drug-likeness (QED) is 0.717. The first-order valence-corrected chi connectivity index (χ1v) is 8.99. The Morgan fingerprint density at radius 2 is 1.81 bits per heavy atom. The Morgan fingerprint density at radius 3 is 2.44 bits per heavy atom. The predicted octanol–water partition coefficient (Wildman–Crippen LogP) is 1.46. The van der Waals surface area contributed by atoms with Crippen LogP contribution in [0.25, 0.3) is 0 Å². The Labute approximate surface area is 164 Å². The lowest BCUT2D eigenvalue weighted by molar-refractivity contribution is -0.885. The van der Waals surface area contributed by atoms with E-state index in [0.29, 0.717) is 23.8 Å². The number of halogens is 1. The van der Waals surface area contributed by atoms with Crippen LogP contribution in [0.15, 0.2) is 48.5 Å². The van der Waals surface area contributed by atoms with Crippen molar-refractivity contribution in [3.05, 3.63) is 59.1 Å². The lowest BCUT2D eigenvalue weighted by Gasteiger charge is -2.20. The lowest BCUT2D eigenvalue weighted by Crippen LogP contribution is -3.08. The van der Waals surface area contributed by atoms with Crippen LogP contribution >= 0.6 is 11.6 Å². The maximum Gasteiger partial charge on any atom is 0.277 e. The minimum Gasteiger partial charge on any atom is -0.497 e. The Hall–Kier alpha value is -2.57. The van der Waals surface area contributed by atoms with E-state index >= 15 is 0 Å². The molecule has 0 bridgehead atoms. The van der Waals surface area contributed by atoms with Crippen molar-refractivity contribution in [2.45, 2.75) is 6.54 Å². The highest BCUT2D eigenvalue weighted by Gasteiger charge is 2.18. The fourth-order valence-corrected chi connectivity index (χ4v) is 2.79. The van der Waals surface area contributed by atoms with Gasteiger partial charge in [-0.05, 0) is 36.4 Å². The van der Waals surface area contributed by atoms with Crippen LogP contribution in [-0.4, -0.2) is 51.0 Å². The number of methoxy groups -OCH3 is 1. The maximum absolute atomic E-state index is 12.4. The molecule has 0 saturated carbocycles. The van der Waals surface area contributed by atoms with E-state index in [4.69, 9.17) is 16.3 Å². The number of anilines is 1. The summed E-state index contributed by atoms with van der Waals surface area (Å²) in [6.45, 7) is 0.969. The minimum atomic E-state index is -0.285. The van der Waals surface area contributed by atoms with Gasteiger partial charge >= 0.3 is 0 Å². The number of nitrogens with one attached hydrogen (secondary N) is 2. The third-order valence-electron chi connectivity index (χ3n) is 4.07. The molecule has 144 valence electrons. The van der Waals surface area contributed by atoms with Gasteiger partial charge in [0.2, 0.25) is 5.91 Å². The fourth-order valence-electron chi connectivity index (χ4n) is 2.60. The van der Waals surface area contributed by atoms with Crippen molar-refractivity contribution in [3.8, 4) is 5.75 Å². The van der Waals surface area contributed by atoms with Crippen LogP contribution in [0.2, 0.25) is 5.02 Å². The molecule has 0 saturated heterocycles. The zero-order valence-electron chi connectivity index (χ0n) is 15.8. The zero-order valence-corrected chi connectivity index (χ0v) is 16.5. The number of carbonyl (C=O) groups is 2. The van der Waals surface area contributed by atoms with Crippen molar-refractivity contribution in [1.82, 2.24) is 4.90 Å². The van der Waals surface area contributed by atoms with E-state index in [1.54, 1.807) is 38.4 Å². The standard InChI is InChI=1S/C20H24ClN3O3/c1-23(12-15-8-10-16(27-3)11-9-15)14-20(26)24(2)13-19(25)22-18-7-5-4-6-17(18)21/h4-11H,12-14H2,1-3H3,(H,22,25)/p+1. The van der Waals surface area contributed by atoms with Gasteiger partial charge in [0.1, 0.15) is 12.3 Å². The first-order valence-electron chi connectivity index (χ1n) is 8.61. The van der Waals surface area contributed by atoms with Crippen molar-refractivity contribution in [2.24, 2.45) is 0 Å². The third kappa shape index (κ3) is 6.58. The molecule has 0 aliphatic heterocycles. The van der Waals surface area contributed by atoms with Crippen molar-refractivity contribution in [2.75, 3.05) is 39.6 Å². The average Bonchev–Trinajstić information content (AvgIpc) is 2.64. The molecule has 0 aliphatic rings. The Bertz CT molecular complexity index is 780. The van der Waals surface area contributed by atoms with E-state index in [2.05, 4.69) is 5.32 Å². The summed E-state index contributed by atoms with van der Waals surface area (Å²) in [5, 5.41) is 3.18. The van der Waals surface area contributed by atoms with Crippen LogP contribution < -0.4 is 15.0 Å². The second kappa shape index (κ2) is 9.94. The summed E-state index contributed by atoms with van der Waals surface area (Å²) >= 11 is 6.03. The molecule has 7 heteroatoms. The maximum atomic E-state index is 12.4. The highest BCUT2D eigenvalue weighted by molar-refractivity contribution is 6.33. The van der Waals surface area contributed by atoms with Gasteiger partial charge in [0.05, 0.1) is 31.4 Å². The van der Waals surface area contributed by atoms with Crippen LogP contribution in [0.5, 0.6) is 5.75 Å². The second-order valence-corrected chi connectivity index (χ2v) is 6.84. The van der Waals surface area contributed by atoms with Crippen LogP contribution in [0.4, 0.5) is 5.69 Å². The molecule has 0 fully saturated rings. The molecule has 27 heavy (non-hydrogen) atoms. The molecule has 0 aliphatic carbocycles. The summed E-state index contributed by atoms with van der Waals surface area (Å²) in [5.41, 5.74) is 1.65. The Morgan fingerprint density at radius 1 is 1.15 bits per heavy atom. The van der Waals surface area contributed by atoms with Gasteiger partial charge < -0.3 is 19.9 Å². The number of amides is 2. The van der Waals surface area contributed by atoms with Gasteiger partial charge in [0, 0.05) is 12.6 Å². The summed E-state index contributed by atoms with van der Waals surface area (Å²) in [5.74, 6) is 0.416. The highest BCUT2D eigenvalue weighted by Crippen LogP contribution is 2.20. The van der Waals surface area contributed by atoms with E-state index in [0.717, 1.165) is 16.2 Å². The van der Waals surface area contributed by atoms with Crippen molar-refractivity contribution >= 4 is 29.1 Å². The zero-order chi connectivity index (χ0) is 19.8. The molecule has 0 spiro atoms. The summed E-state index contributed by atoms with van der Waals surface area (Å²) in [6.07, 6.45) is 0. The van der Waals surface area contributed by atoms with Crippen LogP contribution in [-0.2, 0) is 16.1 Å². The molecule has 2 rings (SSSR count). The van der Waals surface area contributed by atoms with Crippen LogP contribution in [0, 0.1) is 0 Å². The van der Waals surface area contributed by atoms with E-state index < -0.39 is 0 Å². The molecule has 6 nitrogen and oxygen atoms in total. The number of benzene rings is 2. The summed E-state index contributed by atoms with van der Waals surface area (Å²) in [4.78, 5) is 27.0. The van der Waals surface area contributed by atoms with Gasteiger partial charge in [-0.25, -0.2) is 0 Å². The molecule has 2 aromatic rings. The van der Waals surface area contributed by atoms with Gasteiger partial charge in [-0.1, -0.05) is 23.7 Å². The van der Waals surface area contributed by atoms with E-state index in [1.165, 1.54) is 4.90 Å². The fraction of sp³-hybridized carbons (Fsp3) is 0.300. The van der Waals surface area contributed by atoms with Gasteiger partial charge in [-0.2, -0.15) is 0 Å². The molecule has 0 aromatic heterocycles. The van der Waals surface area contributed by atoms with Crippen LogP contribution in [0.3, 0.4) is 0 Å². The number of carbonyl (C=O) groups excluding carboxylic acids is 2. The van der Waals surface area contributed by atoms with Gasteiger partial charge in [0.15, 0.2) is 6.54 Å². The Balaban J connectivity index is 1.81. The van der Waals surface area contributed by atoms with E-state index in [9.17, 15) is 9.59 Å². The number of nitrogens with zero attached hydrogens (tertiary/aromatic N) is 1. The molecule has 0 heterocycles. The molecule has 2 amide bonds. The molecule has 2 aromatic carbocycles. The number of para-hydroxylation sites is 1. The van der Waals surface area contributed by atoms with Gasteiger partial charge in [-0.15, -0.1) is 0 Å². The first-order chi connectivity index (χ1) is 12.9. The smallest absolute Gasteiger partial charge is 0.277 e. The van der Waals surface area contributed by atoms with Crippen molar-refractivity contribution in [3.63, 3.8) is 0 Å². The molecular formula is C20H25ClN3O3+. The van der Waals surface area contributed by atoms with Crippen molar-refractivity contribution in [1.29, 1.82) is 0 Å². The SMILES string of the molecule is COc1ccc(C[NH+](C)CC(=O)N(C)CC(=O)Nc2ccccc2Cl)cc1. The largest absolute Gasteiger partial charge is 0.497 e. The molecule has 1 atom stereocenters. The highest BCUT2D eigenvalue weighted by atomic mass is 35.5. The summed E-state index contributed by atoms with van der Waals surface area (Å²) in [6, 6.07) is 14.7. The van der Waals surface area contributed by atoms with Gasteiger partial charge in [0.25, 0.3) is 5.91 Å². The van der Waals surface area contributed by atoms with E-state index in [1.807, 2.05) is 31.3 Å². The average molecular weight is 391 g/mol. The number of rotatable bonds is 8. The second-order valence-electron chi connectivity index (χ2n) is 6.44. The number of hydrogen-bond donors (Lipinski definition) is 2.